The van der Waals surface area contributed by atoms with Gasteiger partial charge in [-0.3, -0.25) is 19.8 Å². The Bertz CT molecular complexity index is 1260. The molecule has 1 aliphatic rings. The Morgan fingerprint density at radius 1 is 1.21 bits per heavy atom. The normalized spacial score (nSPS) is 16.6. The summed E-state index contributed by atoms with van der Waals surface area (Å²) in [5, 5.41) is 11.4. The molecule has 0 aliphatic carbocycles. The van der Waals surface area contributed by atoms with Gasteiger partial charge >= 0.3 is 0 Å². The minimum atomic E-state index is -0.548. The average Bonchev–Trinajstić information content (AvgIpc) is 3.28. The van der Waals surface area contributed by atoms with Gasteiger partial charge in [0.25, 0.3) is 5.91 Å². The predicted octanol–water partition coefficient (Wildman–Crippen LogP) is 3.47. The number of fused-ring (bicyclic) bond motifs is 1. The number of methoxy groups -OCH3 is 1. The van der Waals surface area contributed by atoms with Crippen LogP contribution in [0, 0.1) is 0 Å². The standard InChI is InChI=1S/C25H25N5O3/c1-32-22-5-3-2-4-18(22)15-30-12-13-33-23(16-30)25(31)27-19-6-7-21-20(14-19)24(29-28-21)17-8-10-26-11-9-17/h2-11,14,23H,12-13,15-16H2,1H3,(H,27,31)(H,28,29). The van der Waals surface area contributed by atoms with Gasteiger partial charge in [0, 0.05) is 54.2 Å². The molecule has 0 saturated carbocycles. The lowest BCUT2D eigenvalue weighted by Crippen LogP contribution is -2.47. The van der Waals surface area contributed by atoms with Gasteiger partial charge in [0.05, 0.1) is 19.2 Å². The van der Waals surface area contributed by atoms with Crippen LogP contribution in [0.5, 0.6) is 5.75 Å². The number of hydrogen-bond acceptors (Lipinski definition) is 6. The van der Waals surface area contributed by atoms with Gasteiger partial charge in [0.15, 0.2) is 0 Å². The smallest absolute Gasteiger partial charge is 0.254 e. The third-order valence-electron chi connectivity index (χ3n) is 5.81. The molecule has 4 aromatic rings. The number of benzene rings is 2. The average molecular weight is 444 g/mol. The number of nitrogens with one attached hydrogen (secondary N) is 2. The molecular weight excluding hydrogens is 418 g/mol. The van der Waals surface area contributed by atoms with E-state index in [0.29, 0.717) is 25.4 Å². The fourth-order valence-electron chi connectivity index (χ4n) is 4.12. The van der Waals surface area contributed by atoms with Crippen LogP contribution in [-0.4, -0.2) is 58.9 Å². The van der Waals surface area contributed by atoms with Crippen LogP contribution in [0.4, 0.5) is 5.69 Å². The number of ether oxygens (including phenoxy) is 2. The number of aromatic nitrogens is 3. The quantitative estimate of drug-likeness (QED) is 0.474. The molecule has 5 rings (SSSR count). The summed E-state index contributed by atoms with van der Waals surface area (Å²) in [6.07, 6.45) is 2.92. The highest BCUT2D eigenvalue weighted by molar-refractivity contribution is 5.99. The van der Waals surface area contributed by atoms with E-state index in [1.807, 2.05) is 54.6 Å². The number of anilines is 1. The summed E-state index contributed by atoms with van der Waals surface area (Å²) in [6, 6.07) is 17.5. The SMILES string of the molecule is COc1ccccc1CN1CCOC(C(=O)Nc2ccc3[nH]nc(-c4ccncc4)c3c2)C1. The summed E-state index contributed by atoms with van der Waals surface area (Å²) in [7, 11) is 1.67. The van der Waals surface area contributed by atoms with Crippen molar-refractivity contribution in [1.82, 2.24) is 20.1 Å². The highest BCUT2D eigenvalue weighted by atomic mass is 16.5. The molecule has 2 aromatic carbocycles. The zero-order valence-electron chi connectivity index (χ0n) is 18.3. The molecule has 0 radical (unpaired) electrons. The number of hydrogen-bond donors (Lipinski definition) is 2. The molecule has 33 heavy (non-hydrogen) atoms. The maximum atomic E-state index is 13.0. The number of H-pyrrole nitrogens is 1. The third kappa shape index (κ3) is 4.57. The number of morpholine rings is 1. The summed E-state index contributed by atoms with van der Waals surface area (Å²) >= 11 is 0. The van der Waals surface area contributed by atoms with Crippen LogP contribution in [0.25, 0.3) is 22.2 Å². The lowest BCUT2D eigenvalue weighted by Gasteiger charge is -2.32. The van der Waals surface area contributed by atoms with Crippen LogP contribution in [0.2, 0.25) is 0 Å². The number of rotatable bonds is 6. The number of aromatic amines is 1. The first-order valence-electron chi connectivity index (χ1n) is 10.9. The molecule has 8 nitrogen and oxygen atoms in total. The number of para-hydroxylation sites is 1. The third-order valence-corrected chi connectivity index (χ3v) is 5.81. The van der Waals surface area contributed by atoms with Gasteiger partial charge in [0.1, 0.15) is 17.5 Å². The summed E-state index contributed by atoms with van der Waals surface area (Å²) in [6.45, 7) is 2.48. The Balaban J connectivity index is 1.29. The highest BCUT2D eigenvalue weighted by Crippen LogP contribution is 2.28. The van der Waals surface area contributed by atoms with E-state index >= 15 is 0 Å². The van der Waals surface area contributed by atoms with Gasteiger partial charge in [0.2, 0.25) is 0 Å². The Labute approximate surface area is 191 Å². The number of carbonyl (C=O) groups is 1. The van der Waals surface area contributed by atoms with E-state index in [4.69, 9.17) is 9.47 Å². The fourth-order valence-corrected chi connectivity index (χ4v) is 4.12. The molecule has 2 N–H and O–H groups in total. The number of carbonyl (C=O) groups excluding carboxylic acids is 1. The van der Waals surface area contributed by atoms with Crippen molar-refractivity contribution in [3.8, 4) is 17.0 Å². The van der Waals surface area contributed by atoms with E-state index in [9.17, 15) is 4.79 Å². The fraction of sp³-hybridized carbons (Fsp3) is 0.240. The van der Waals surface area contributed by atoms with E-state index in [0.717, 1.165) is 40.0 Å². The molecule has 1 unspecified atom stereocenters. The van der Waals surface area contributed by atoms with Crippen molar-refractivity contribution in [2.75, 3.05) is 32.1 Å². The molecule has 2 aromatic heterocycles. The number of amides is 1. The van der Waals surface area contributed by atoms with Gasteiger partial charge in [-0.1, -0.05) is 18.2 Å². The minimum absolute atomic E-state index is 0.159. The van der Waals surface area contributed by atoms with E-state index < -0.39 is 6.10 Å². The Hall–Kier alpha value is -3.75. The molecule has 1 atom stereocenters. The van der Waals surface area contributed by atoms with E-state index in [1.54, 1.807) is 19.5 Å². The molecule has 8 heteroatoms. The van der Waals surface area contributed by atoms with Gasteiger partial charge in [-0.2, -0.15) is 5.10 Å². The lowest BCUT2D eigenvalue weighted by molar-refractivity contribution is -0.133. The van der Waals surface area contributed by atoms with Crippen LogP contribution in [0.3, 0.4) is 0 Å². The molecule has 1 amide bonds. The van der Waals surface area contributed by atoms with Crippen LogP contribution >= 0.6 is 0 Å². The summed E-state index contributed by atoms with van der Waals surface area (Å²) in [5.41, 5.74) is 4.48. The van der Waals surface area contributed by atoms with Crippen molar-refractivity contribution < 1.29 is 14.3 Å². The number of pyridine rings is 1. The molecule has 3 heterocycles. The zero-order valence-corrected chi connectivity index (χ0v) is 18.3. The Kier molecular flexibility index (Phi) is 6.01. The molecule has 1 saturated heterocycles. The first-order valence-corrected chi connectivity index (χ1v) is 10.9. The second kappa shape index (κ2) is 9.40. The van der Waals surface area contributed by atoms with E-state index in [2.05, 4.69) is 25.4 Å². The summed E-state index contributed by atoms with van der Waals surface area (Å²) < 4.78 is 11.3. The molecule has 168 valence electrons. The maximum absolute atomic E-state index is 13.0. The monoisotopic (exact) mass is 443 g/mol. The molecule has 0 bridgehead atoms. The van der Waals surface area contributed by atoms with Crippen LogP contribution in [0.15, 0.2) is 67.0 Å². The second-order valence-corrected chi connectivity index (χ2v) is 7.96. The first-order chi connectivity index (χ1) is 16.2. The second-order valence-electron chi connectivity index (χ2n) is 7.96. The Morgan fingerprint density at radius 2 is 2.06 bits per heavy atom. The molecule has 1 aliphatic heterocycles. The van der Waals surface area contributed by atoms with Gasteiger partial charge in [-0.15, -0.1) is 0 Å². The lowest BCUT2D eigenvalue weighted by atomic mass is 10.1. The van der Waals surface area contributed by atoms with E-state index in [-0.39, 0.29) is 5.91 Å². The van der Waals surface area contributed by atoms with Gasteiger partial charge in [-0.25, -0.2) is 0 Å². The topological polar surface area (TPSA) is 92.4 Å². The van der Waals surface area contributed by atoms with Crippen LogP contribution < -0.4 is 10.1 Å². The minimum Gasteiger partial charge on any atom is -0.496 e. The van der Waals surface area contributed by atoms with Crippen molar-refractivity contribution in [3.63, 3.8) is 0 Å². The van der Waals surface area contributed by atoms with Crippen molar-refractivity contribution in [2.45, 2.75) is 12.6 Å². The van der Waals surface area contributed by atoms with Crippen molar-refractivity contribution in [2.24, 2.45) is 0 Å². The first kappa shape index (κ1) is 21.1. The number of nitrogens with zero attached hydrogens (tertiary/aromatic N) is 3. The zero-order chi connectivity index (χ0) is 22.6. The maximum Gasteiger partial charge on any atom is 0.254 e. The molecular formula is C25H25N5O3. The van der Waals surface area contributed by atoms with E-state index in [1.165, 1.54) is 0 Å². The molecule has 0 spiro atoms. The van der Waals surface area contributed by atoms with Gasteiger partial charge in [-0.05, 0) is 36.4 Å². The largest absolute Gasteiger partial charge is 0.496 e. The highest BCUT2D eigenvalue weighted by Gasteiger charge is 2.27. The Morgan fingerprint density at radius 3 is 2.91 bits per heavy atom. The van der Waals surface area contributed by atoms with Crippen molar-refractivity contribution in [1.29, 1.82) is 0 Å². The van der Waals surface area contributed by atoms with Crippen molar-refractivity contribution >= 4 is 22.5 Å². The van der Waals surface area contributed by atoms with Gasteiger partial charge < -0.3 is 14.8 Å². The van der Waals surface area contributed by atoms with Crippen LogP contribution in [-0.2, 0) is 16.1 Å². The molecule has 1 fully saturated rings. The predicted molar refractivity (Wildman–Crippen MR) is 126 cm³/mol. The summed E-state index contributed by atoms with van der Waals surface area (Å²) in [4.78, 5) is 19.3. The summed E-state index contributed by atoms with van der Waals surface area (Å²) in [5.74, 6) is 0.691. The van der Waals surface area contributed by atoms with Crippen LogP contribution in [0.1, 0.15) is 5.56 Å². The van der Waals surface area contributed by atoms with Crippen molar-refractivity contribution in [3.05, 3.63) is 72.6 Å².